The average molecular weight is 226 g/mol. The van der Waals surface area contributed by atoms with Crippen LogP contribution in [0.1, 0.15) is 26.7 Å². The molecule has 0 radical (unpaired) electrons. The number of nitrogens with one attached hydrogen (secondary N) is 1. The summed E-state index contributed by atoms with van der Waals surface area (Å²) in [5, 5.41) is 8.80. The van der Waals surface area contributed by atoms with Gasteiger partial charge in [0.25, 0.3) is 0 Å². The van der Waals surface area contributed by atoms with Gasteiger partial charge in [0.2, 0.25) is 0 Å². The molecule has 1 rings (SSSR count). The first-order valence-corrected chi connectivity index (χ1v) is 5.44. The van der Waals surface area contributed by atoms with E-state index in [1.165, 1.54) is 4.57 Å². The summed E-state index contributed by atoms with van der Waals surface area (Å²) < 4.78 is 1.52. The third kappa shape index (κ3) is 3.92. The second-order valence-corrected chi connectivity index (χ2v) is 4.51. The molecule has 0 aromatic carbocycles. The van der Waals surface area contributed by atoms with Gasteiger partial charge in [0.1, 0.15) is 0 Å². The largest absolute Gasteiger partial charge is 0.481 e. The zero-order valence-corrected chi connectivity index (χ0v) is 9.64. The molecule has 0 bridgehead atoms. The van der Waals surface area contributed by atoms with Crippen LogP contribution in [0, 0.1) is 11.8 Å². The van der Waals surface area contributed by atoms with Gasteiger partial charge in [-0.15, -0.1) is 0 Å². The second kappa shape index (κ2) is 5.53. The first kappa shape index (κ1) is 12.5. The van der Waals surface area contributed by atoms with Crippen molar-refractivity contribution >= 4 is 5.97 Å². The van der Waals surface area contributed by atoms with Crippen molar-refractivity contribution in [3.8, 4) is 0 Å². The van der Waals surface area contributed by atoms with Gasteiger partial charge in [-0.05, 0) is 18.3 Å². The van der Waals surface area contributed by atoms with Crippen LogP contribution in [0.3, 0.4) is 0 Å². The van der Waals surface area contributed by atoms with Gasteiger partial charge in [0, 0.05) is 25.4 Å². The molecule has 5 heteroatoms. The lowest BCUT2D eigenvalue weighted by Gasteiger charge is -2.16. The number of aliphatic carboxylic acids is 1. The highest BCUT2D eigenvalue weighted by Gasteiger charge is 2.16. The number of carboxylic acid groups (broad SMARTS) is 1. The highest BCUT2D eigenvalue weighted by molar-refractivity contribution is 5.66. The standard InChI is InChI=1S/C11H18N2O3/c1-8(2)5-9(6-10(14)15)7-13-4-3-12-11(13)16/h3-4,8-9H,5-7H2,1-2H3,(H,12,16)(H,14,15). The summed E-state index contributed by atoms with van der Waals surface area (Å²) in [6.45, 7) is 4.57. The fourth-order valence-corrected chi connectivity index (χ4v) is 1.91. The maximum Gasteiger partial charge on any atom is 0.325 e. The minimum Gasteiger partial charge on any atom is -0.481 e. The Hall–Kier alpha value is -1.52. The molecule has 1 atom stereocenters. The zero-order valence-electron chi connectivity index (χ0n) is 9.64. The fourth-order valence-electron chi connectivity index (χ4n) is 1.91. The topological polar surface area (TPSA) is 75.1 Å². The van der Waals surface area contributed by atoms with Crippen LogP contribution in [0.15, 0.2) is 17.2 Å². The summed E-state index contributed by atoms with van der Waals surface area (Å²) in [4.78, 5) is 24.5. The van der Waals surface area contributed by atoms with Crippen molar-refractivity contribution in [1.82, 2.24) is 9.55 Å². The monoisotopic (exact) mass is 226 g/mol. The SMILES string of the molecule is CC(C)CC(CC(=O)O)Cn1cc[nH]c1=O. The summed E-state index contributed by atoms with van der Waals surface area (Å²) in [6, 6.07) is 0. The Labute approximate surface area is 94.1 Å². The van der Waals surface area contributed by atoms with Gasteiger partial charge in [-0.25, -0.2) is 4.79 Å². The predicted octanol–water partition coefficient (Wildman–Crippen LogP) is 1.31. The van der Waals surface area contributed by atoms with Crippen LogP contribution >= 0.6 is 0 Å². The van der Waals surface area contributed by atoms with Crippen LogP contribution in [0.25, 0.3) is 0 Å². The Morgan fingerprint density at radius 1 is 1.56 bits per heavy atom. The van der Waals surface area contributed by atoms with Crippen molar-refractivity contribution in [2.24, 2.45) is 11.8 Å². The summed E-state index contributed by atoms with van der Waals surface area (Å²) in [5.74, 6) is -0.376. The van der Waals surface area contributed by atoms with Gasteiger partial charge in [0.05, 0.1) is 0 Å². The molecule has 0 aliphatic carbocycles. The Morgan fingerprint density at radius 2 is 2.25 bits per heavy atom. The molecule has 2 N–H and O–H groups in total. The van der Waals surface area contributed by atoms with E-state index in [2.05, 4.69) is 18.8 Å². The average Bonchev–Trinajstić information content (AvgIpc) is 2.49. The minimum atomic E-state index is -0.811. The number of carbonyl (C=O) groups is 1. The van der Waals surface area contributed by atoms with Crippen molar-refractivity contribution < 1.29 is 9.90 Å². The molecule has 1 unspecified atom stereocenters. The number of carboxylic acids is 1. The number of rotatable bonds is 6. The van der Waals surface area contributed by atoms with E-state index < -0.39 is 5.97 Å². The number of aromatic nitrogens is 2. The summed E-state index contributed by atoms with van der Waals surface area (Å²) in [6.07, 6.45) is 4.13. The van der Waals surface area contributed by atoms with Crippen LogP contribution in [0.5, 0.6) is 0 Å². The van der Waals surface area contributed by atoms with E-state index in [0.717, 1.165) is 6.42 Å². The molecule has 0 saturated carbocycles. The number of hydrogen-bond acceptors (Lipinski definition) is 2. The lowest BCUT2D eigenvalue weighted by Crippen LogP contribution is -2.23. The molecule has 16 heavy (non-hydrogen) atoms. The third-order valence-corrected chi connectivity index (χ3v) is 2.45. The lowest BCUT2D eigenvalue weighted by atomic mass is 9.94. The number of hydrogen-bond donors (Lipinski definition) is 2. The van der Waals surface area contributed by atoms with Gasteiger partial charge < -0.3 is 10.1 Å². The van der Waals surface area contributed by atoms with E-state index in [4.69, 9.17) is 5.11 Å². The number of nitrogens with zero attached hydrogens (tertiary/aromatic N) is 1. The molecule has 0 spiro atoms. The molecule has 0 fully saturated rings. The van der Waals surface area contributed by atoms with Crippen LogP contribution < -0.4 is 5.69 Å². The van der Waals surface area contributed by atoms with Crippen molar-refractivity contribution in [1.29, 1.82) is 0 Å². The molecule has 0 aliphatic rings. The van der Waals surface area contributed by atoms with Crippen LogP contribution in [0.4, 0.5) is 0 Å². The maximum absolute atomic E-state index is 11.3. The van der Waals surface area contributed by atoms with E-state index in [-0.39, 0.29) is 18.0 Å². The van der Waals surface area contributed by atoms with Gasteiger partial charge in [-0.2, -0.15) is 0 Å². The molecule has 1 aromatic heterocycles. The third-order valence-electron chi connectivity index (χ3n) is 2.45. The van der Waals surface area contributed by atoms with Crippen molar-refractivity contribution in [3.05, 3.63) is 22.9 Å². The fraction of sp³-hybridized carbons (Fsp3) is 0.636. The van der Waals surface area contributed by atoms with Gasteiger partial charge >= 0.3 is 11.7 Å². The Bertz CT molecular complexity index is 392. The first-order valence-electron chi connectivity index (χ1n) is 5.44. The predicted molar refractivity (Wildman–Crippen MR) is 60.3 cm³/mol. The molecule has 0 amide bonds. The normalized spacial score (nSPS) is 12.9. The number of H-pyrrole nitrogens is 1. The van der Waals surface area contributed by atoms with E-state index >= 15 is 0 Å². The highest BCUT2D eigenvalue weighted by Crippen LogP contribution is 2.17. The van der Waals surface area contributed by atoms with Gasteiger partial charge in [-0.3, -0.25) is 9.36 Å². The maximum atomic E-state index is 11.3. The molecule has 90 valence electrons. The minimum absolute atomic E-state index is 0.00556. The van der Waals surface area contributed by atoms with Gasteiger partial charge in [-0.1, -0.05) is 13.8 Å². The molecular formula is C11H18N2O3. The Morgan fingerprint density at radius 3 is 2.69 bits per heavy atom. The second-order valence-electron chi connectivity index (χ2n) is 4.51. The molecule has 0 aliphatic heterocycles. The molecule has 5 nitrogen and oxygen atoms in total. The summed E-state index contributed by atoms with van der Waals surface area (Å²) >= 11 is 0. The molecule has 0 saturated heterocycles. The quantitative estimate of drug-likeness (QED) is 0.768. The number of imidazole rings is 1. The van der Waals surface area contributed by atoms with E-state index in [9.17, 15) is 9.59 Å². The summed E-state index contributed by atoms with van der Waals surface area (Å²) in [5.41, 5.74) is -0.181. The zero-order chi connectivity index (χ0) is 12.1. The smallest absolute Gasteiger partial charge is 0.325 e. The van der Waals surface area contributed by atoms with Crippen LogP contribution in [-0.2, 0) is 11.3 Å². The molecule has 1 heterocycles. The lowest BCUT2D eigenvalue weighted by molar-refractivity contribution is -0.138. The van der Waals surface area contributed by atoms with E-state index in [1.807, 2.05) is 0 Å². The van der Waals surface area contributed by atoms with Crippen LogP contribution in [-0.4, -0.2) is 20.6 Å². The number of aromatic amines is 1. The van der Waals surface area contributed by atoms with Gasteiger partial charge in [0.15, 0.2) is 0 Å². The Balaban J connectivity index is 2.66. The van der Waals surface area contributed by atoms with E-state index in [0.29, 0.717) is 12.5 Å². The van der Waals surface area contributed by atoms with E-state index in [1.54, 1.807) is 12.4 Å². The van der Waals surface area contributed by atoms with Crippen LogP contribution in [0.2, 0.25) is 0 Å². The Kier molecular flexibility index (Phi) is 4.34. The van der Waals surface area contributed by atoms with Crippen molar-refractivity contribution in [2.75, 3.05) is 0 Å². The molecule has 1 aromatic rings. The van der Waals surface area contributed by atoms with Crippen molar-refractivity contribution in [2.45, 2.75) is 33.2 Å². The summed E-state index contributed by atoms with van der Waals surface area (Å²) in [7, 11) is 0. The van der Waals surface area contributed by atoms with Crippen molar-refractivity contribution in [3.63, 3.8) is 0 Å². The first-order chi connectivity index (χ1) is 7.49. The highest BCUT2D eigenvalue weighted by atomic mass is 16.4. The molecular weight excluding hydrogens is 208 g/mol.